The molecule has 0 unspecified atom stereocenters. The summed E-state index contributed by atoms with van der Waals surface area (Å²) in [7, 11) is 0. The van der Waals surface area contributed by atoms with Crippen LogP contribution in [0.3, 0.4) is 0 Å². The Hall–Kier alpha value is -1.43. The molecule has 1 aromatic carbocycles. The van der Waals surface area contributed by atoms with Crippen molar-refractivity contribution in [3.05, 3.63) is 23.3 Å². The second kappa shape index (κ2) is 6.36. The Balaban J connectivity index is 1.93. The van der Waals surface area contributed by atoms with Crippen LogP contribution in [-0.4, -0.2) is 26.3 Å². The molecule has 3 nitrogen and oxygen atoms in total. The van der Waals surface area contributed by atoms with Crippen LogP contribution < -0.4 is 14.8 Å². The van der Waals surface area contributed by atoms with E-state index in [1.165, 1.54) is 0 Å². The molecule has 1 aromatic rings. The minimum Gasteiger partial charge on any atom is -0.489 e. The summed E-state index contributed by atoms with van der Waals surface area (Å²) in [5.41, 5.74) is 0.0928. The fraction of sp³-hybridized carbons (Fsp3) is 0.625. The van der Waals surface area contributed by atoms with E-state index in [9.17, 15) is 13.2 Å². The van der Waals surface area contributed by atoms with Gasteiger partial charge in [0.2, 0.25) is 0 Å². The van der Waals surface area contributed by atoms with Crippen LogP contribution in [0.1, 0.15) is 30.4 Å². The molecule has 0 atom stereocenters. The van der Waals surface area contributed by atoms with Crippen LogP contribution in [0.25, 0.3) is 0 Å². The molecule has 2 heterocycles. The standard InChI is InChI=1S/C16H20F3NO2/c17-16(18,19)13-3-2-12(10-11-4-6-20-7-5-11)14-15(13)22-9-1-8-21-14/h2-3,11,20H,1,4-10H2. The van der Waals surface area contributed by atoms with Crippen LogP contribution in [0, 0.1) is 5.92 Å². The van der Waals surface area contributed by atoms with E-state index in [-0.39, 0.29) is 12.4 Å². The molecular formula is C16H20F3NO2. The minimum absolute atomic E-state index is 0.128. The Morgan fingerprint density at radius 3 is 2.41 bits per heavy atom. The van der Waals surface area contributed by atoms with Gasteiger partial charge in [0.05, 0.1) is 13.2 Å². The summed E-state index contributed by atoms with van der Waals surface area (Å²) in [6.07, 6.45) is -1.01. The lowest BCUT2D eigenvalue weighted by Crippen LogP contribution is -2.28. The van der Waals surface area contributed by atoms with Gasteiger partial charge in [0.15, 0.2) is 11.5 Å². The van der Waals surface area contributed by atoms with Crippen molar-refractivity contribution < 1.29 is 22.6 Å². The molecule has 0 amide bonds. The van der Waals surface area contributed by atoms with Crippen molar-refractivity contribution in [2.45, 2.75) is 31.9 Å². The molecule has 0 aromatic heterocycles. The Morgan fingerprint density at radius 1 is 1.05 bits per heavy atom. The third-order valence-electron chi connectivity index (χ3n) is 4.25. The molecule has 3 rings (SSSR count). The zero-order valence-corrected chi connectivity index (χ0v) is 12.3. The van der Waals surface area contributed by atoms with E-state index < -0.39 is 11.7 Å². The summed E-state index contributed by atoms with van der Waals surface area (Å²) in [6, 6.07) is 2.68. The van der Waals surface area contributed by atoms with Gasteiger partial charge < -0.3 is 14.8 Å². The van der Waals surface area contributed by atoms with E-state index in [2.05, 4.69) is 5.32 Å². The van der Waals surface area contributed by atoms with Gasteiger partial charge >= 0.3 is 6.18 Å². The van der Waals surface area contributed by atoms with Crippen LogP contribution in [0.2, 0.25) is 0 Å². The lowest BCUT2D eigenvalue weighted by atomic mass is 9.90. The van der Waals surface area contributed by atoms with Crippen molar-refractivity contribution in [3.8, 4) is 11.5 Å². The van der Waals surface area contributed by atoms with E-state index in [4.69, 9.17) is 9.47 Å². The van der Waals surface area contributed by atoms with Crippen molar-refractivity contribution in [1.29, 1.82) is 0 Å². The molecule has 2 aliphatic heterocycles. The summed E-state index contributed by atoms with van der Waals surface area (Å²) < 4.78 is 50.5. The monoisotopic (exact) mass is 315 g/mol. The Morgan fingerprint density at radius 2 is 1.73 bits per heavy atom. The number of hydrogen-bond donors (Lipinski definition) is 1. The van der Waals surface area contributed by atoms with Crippen LogP contribution in [0.15, 0.2) is 12.1 Å². The average molecular weight is 315 g/mol. The number of hydrogen-bond acceptors (Lipinski definition) is 3. The summed E-state index contributed by atoms with van der Waals surface area (Å²) in [5, 5.41) is 3.30. The maximum atomic E-state index is 13.2. The first-order chi connectivity index (χ1) is 10.6. The van der Waals surface area contributed by atoms with Gasteiger partial charge in [0, 0.05) is 6.42 Å². The zero-order chi connectivity index (χ0) is 15.6. The van der Waals surface area contributed by atoms with E-state index >= 15 is 0 Å². The minimum atomic E-state index is -4.43. The smallest absolute Gasteiger partial charge is 0.420 e. The summed E-state index contributed by atoms with van der Waals surface area (Å²) in [6.45, 7) is 2.58. The van der Waals surface area contributed by atoms with Gasteiger partial charge in [-0.15, -0.1) is 0 Å². The van der Waals surface area contributed by atoms with Crippen molar-refractivity contribution >= 4 is 0 Å². The van der Waals surface area contributed by atoms with E-state index in [1.807, 2.05) is 0 Å². The van der Waals surface area contributed by atoms with Gasteiger partial charge in [-0.25, -0.2) is 0 Å². The normalized spacial score (nSPS) is 19.8. The topological polar surface area (TPSA) is 30.5 Å². The highest BCUT2D eigenvalue weighted by Crippen LogP contribution is 2.45. The molecule has 2 aliphatic rings. The maximum Gasteiger partial charge on any atom is 0.420 e. The van der Waals surface area contributed by atoms with Gasteiger partial charge in [-0.1, -0.05) is 6.07 Å². The average Bonchev–Trinajstić information content (AvgIpc) is 2.73. The molecule has 0 bridgehead atoms. The summed E-state index contributed by atoms with van der Waals surface area (Å²) in [5.74, 6) is 0.649. The zero-order valence-electron chi connectivity index (χ0n) is 12.3. The number of piperidine rings is 1. The highest BCUT2D eigenvalue weighted by molar-refractivity contribution is 5.53. The largest absolute Gasteiger partial charge is 0.489 e. The molecule has 6 heteroatoms. The van der Waals surface area contributed by atoms with Crippen molar-refractivity contribution in [3.63, 3.8) is 0 Å². The molecule has 22 heavy (non-hydrogen) atoms. The SMILES string of the molecule is FC(F)(F)c1ccc(CC2CCNCC2)c2c1OCCCO2. The third kappa shape index (κ3) is 3.32. The fourth-order valence-corrected chi connectivity index (χ4v) is 3.09. The predicted octanol–water partition coefficient (Wildman–Crippen LogP) is 3.41. The molecule has 0 aliphatic carbocycles. The van der Waals surface area contributed by atoms with Crippen molar-refractivity contribution in [2.24, 2.45) is 5.92 Å². The first-order valence-corrected chi connectivity index (χ1v) is 7.75. The number of nitrogens with one attached hydrogen (secondary N) is 1. The summed E-state index contributed by atoms with van der Waals surface area (Å²) in [4.78, 5) is 0. The molecular weight excluding hydrogens is 295 g/mol. The number of halogens is 3. The first kappa shape index (κ1) is 15.5. The highest BCUT2D eigenvalue weighted by Gasteiger charge is 2.37. The summed E-state index contributed by atoms with van der Waals surface area (Å²) >= 11 is 0. The molecule has 1 N–H and O–H groups in total. The molecule has 1 fully saturated rings. The Labute approximate surface area is 127 Å². The first-order valence-electron chi connectivity index (χ1n) is 7.75. The van der Waals surface area contributed by atoms with Gasteiger partial charge in [0.1, 0.15) is 5.56 Å². The predicted molar refractivity (Wildman–Crippen MR) is 76.3 cm³/mol. The van der Waals surface area contributed by atoms with Crippen LogP contribution in [0.4, 0.5) is 13.2 Å². The van der Waals surface area contributed by atoms with Gasteiger partial charge in [-0.3, -0.25) is 0 Å². The van der Waals surface area contributed by atoms with Crippen LogP contribution >= 0.6 is 0 Å². The molecule has 122 valence electrons. The maximum absolute atomic E-state index is 13.2. The second-order valence-corrected chi connectivity index (χ2v) is 5.88. The van der Waals surface area contributed by atoms with Gasteiger partial charge in [-0.05, 0) is 49.9 Å². The van der Waals surface area contributed by atoms with E-state index in [0.29, 0.717) is 24.7 Å². The van der Waals surface area contributed by atoms with Crippen LogP contribution in [-0.2, 0) is 12.6 Å². The fourth-order valence-electron chi connectivity index (χ4n) is 3.09. The van der Waals surface area contributed by atoms with Gasteiger partial charge in [-0.2, -0.15) is 13.2 Å². The highest BCUT2D eigenvalue weighted by atomic mass is 19.4. The lowest BCUT2D eigenvalue weighted by Gasteiger charge is -2.24. The van der Waals surface area contributed by atoms with Crippen LogP contribution in [0.5, 0.6) is 11.5 Å². The number of rotatable bonds is 2. The number of fused-ring (bicyclic) bond motifs is 1. The second-order valence-electron chi connectivity index (χ2n) is 5.88. The number of alkyl halides is 3. The third-order valence-corrected chi connectivity index (χ3v) is 4.25. The molecule has 0 radical (unpaired) electrons. The quantitative estimate of drug-likeness (QED) is 0.907. The van der Waals surface area contributed by atoms with Crippen molar-refractivity contribution in [1.82, 2.24) is 5.32 Å². The Bertz CT molecular complexity index is 525. The number of ether oxygens (including phenoxy) is 2. The molecule has 0 spiro atoms. The lowest BCUT2D eigenvalue weighted by molar-refractivity contribution is -0.139. The van der Waals surface area contributed by atoms with E-state index in [1.54, 1.807) is 6.07 Å². The Kier molecular flexibility index (Phi) is 4.47. The molecule has 0 saturated carbocycles. The number of benzene rings is 1. The van der Waals surface area contributed by atoms with Gasteiger partial charge in [0.25, 0.3) is 0 Å². The molecule has 1 saturated heterocycles. The van der Waals surface area contributed by atoms with Crippen molar-refractivity contribution in [2.75, 3.05) is 26.3 Å². The van der Waals surface area contributed by atoms with E-state index in [0.717, 1.165) is 44.0 Å².